The molecule has 0 aliphatic heterocycles. The van der Waals surface area contributed by atoms with Crippen LogP contribution >= 0.6 is 23.2 Å². The minimum Gasteiger partial charge on any atom is -0.340 e. The Hall–Kier alpha value is -2.95. The van der Waals surface area contributed by atoms with Gasteiger partial charge in [-0.3, -0.25) is 14.8 Å². The Balaban J connectivity index is 1.70. The van der Waals surface area contributed by atoms with Crippen molar-refractivity contribution in [2.45, 2.75) is 6.04 Å². The van der Waals surface area contributed by atoms with Gasteiger partial charge in [0.15, 0.2) is 0 Å². The average molecular weight is 408 g/mol. The number of nitrogens with zero attached hydrogens (tertiary/aromatic N) is 2. The molecule has 0 saturated carbocycles. The Bertz CT molecular complexity index is 1150. The molecule has 6 heteroatoms. The van der Waals surface area contributed by atoms with Gasteiger partial charge in [-0.1, -0.05) is 41.4 Å². The van der Waals surface area contributed by atoms with Gasteiger partial charge in [0.25, 0.3) is 5.91 Å². The van der Waals surface area contributed by atoms with E-state index in [1.807, 2.05) is 42.5 Å². The predicted octanol–water partition coefficient (Wildman–Crippen LogP) is 5.46. The van der Waals surface area contributed by atoms with Crippen LogP contribution in [0, 0.1) is 0 Å². The lowest BCUT2D eigenvalue weighted by atomic mass is 10.0. The number of aromatic nitrogens is 2. The molecule has 0 saturated heterocycles. The van der Waals surface area contributed by atoms with Crippen molar-refractivity contribution >= 4 is 39.9 Å². The minimum atomic E-state index is -0.461. The molecule has 28 heavy (non-hydrogen) atoms. The van der Waals surface area contributed by atoms with Gasteiger partial charge < -0.3 is 5.32 Å². The highest BCUT2D eigenvalue weighted by molar-refractivity contribution is 6.42. The predicted molar refractivity (Wildman–Crippen MR) is 112 cm³/mol. The van der Waals surface area contributed by atoms with Crippen LogP contribution in [0.2, 0.25) is 10.0 Å². The van der Waals surface area contributed by atoms with Crippen LogP contribution in [0.3, 0.4) is 0 Å². The summed E-state index contributed by atoms with van der Waals surface area (Å²) in [6, 6.07) is 17.8. The molecule has 2 heterocycles. The van der Waals surface area contributed by atoms with Crippen LogP contribution in [-0.2, 0) is 0 Å². The Labute approximate surface area is 172 Å². The highest BCUT2D eigenvalue weighted by atomic mass is 35.5. The van der Waals surface area contributed by atoms with Crippen molar-refractivity contribution in [3.63, 3.8) is 0 Å². The van der Waals surface area contributed by atoms with Crippen molar-refractivity contribution in [3.8, 4) is 0 Å². The topological polar surface area (TPSA) is 54.9 Å². The monoisotopic (exact) mass is 407 g/mol. The number of hydrogen-bond donors (Lipinski definition) is 1. The summed E-state index contributed by atoms with van der Waals surface area (Å²) in [6.07, 6.45) is 5.16. The maximum Gasteiger partial charge on any atom is 0.252 e. The van der Waals surface area contributed by atoms with Crippen molar-refractivity contribution in [2.75, 3.05) is 0 Å². The molecule has 0 aliphatic carbocycles. The van der Waals surface area contributed by atoms with Crippen LogP contribution in [0.25, 0.3) is 10.8 Å². The Morgan fingerprint density at radius 1 is 0.893 bits per heavy atom. The number of nitrogens with one attached hydrogen (secondary N) is 1. The molecule has 1 unspecified atom stereocenters. The number of rotatable bonds is 4. The van der Waals surface area contributed by atoms with Crippen LogP contribution in [0.15, 0.2) is 79.3 Å². The molecule has 4 rings (SSSR count). The SMILES string of the molecule is O=C(NC(c1ccc(Cl)c(Cl)c1)c1ccccn1)c1ccc2cnccc2c1. The van der Waals surface area contributed by atoms with E-state index >= 15 is 0 Å². The molecular weight excluding hydrogens is 393 g/mol. The van der Waals surface area contributed by atoms with Crippen molar-refractivity contribution in [2.24, 2.45) is 0 Å². The maximum absolute atomic E-state index is 13.0. The third-order valence-corrected chi connectivity index (χ3v) is 5.18. The lowest BCUT2D eigenvalue weighted by Gasteiger charge is -2.19. The molecule has 2 aromatic heterocycles. The summed E-state index contributed by atoms with van der Waals surface area (Å²) in [5, 5.41) is 5.87. The van der Waals surface area contributed by atoms with E-state index in [0.29, 0.717) is 21.3 Å². The van der Waals surface area contributed by atoms with Gasteiger partial charge in [-0.2, -0.15) is 0 Å². The van der Waals surface area contributed by atoms with Gasteiger partial charge in [0, 0.05) is 29.5 Å². The van der Waals surface area contributed by atoms with Gasteiger partial charge in [0.05, 0.1) is 21.8 Å². The van der Waals surface area contributed by atoms with Crippen LogP contribution in [-0.4, -0.2) is 15.9 Å². The first-order chi connectivity index (χ1) is 13.6. The van der Waals surface area contributed by atoms with E-state index in [4.69, 9.17) is 23.2 Å². The molecule has 138 valence electrons. The first-order valence-electron chi connectivity index (χ1n) is 8.62. The van der Waals surface area contributed by atoms with Gasteiger partial charge in [0.1, 0.15) is 0 Å². The summed E-state index contributed by atoms with van der Waals surface area (Å²) < 4.78 is 0. The molecular formula is C22H15Cl2N3O. The first-order valence-corrected chi connectivity index (χ1v) is 9.38. The summed E-state index contributed by atoms with van der Waals surface area (Å²) in [5.41, 5.74) is 2.06. The lowest BCUT2D eigenvalue weighted by Crippen LogP contribution is -2.30. The largest absolute Gasteiger partial charge is 0.340 e. The number of carbonyl (C=O) groups is 1. The summed E-state index contributed by atoms with van der Waals surface area (Å²) in [5.74, 6) is -0.208. The normalized spacial score (nSPS) is 11.9. The molecule has 4 aromatic rings. The molecule has 0 radical (unpaired) electrons. The van der Waals surface area contributed by atoms with E-state index < -0.39 is 6.04 Å². The Morgan fingerprint density at radius 3 is 2.57 bits per heavy atom. The van der Waals surface area contributed by atoms with Crippen LogP contribution in [0.5, 0.6) is 0 Å². The van der Waals surface area contributed by atoms with Gasteiger partial charge in [-0.15, -0.1) is 0 Å². The third-order valence-electron chi connectivity index (χ3n) is 4.44. The standard InChI is InChI=1S/C22H15Cl2N3O/c23-18-7-6-15(12-19(18)24)21(20-3-1-2-9-26-20)27-22(28)16-4-5-17-13-25-10-8-14(17)11-16/h1-13,21H,(H,27,28). The Morgan fingerprint density at radius 2 is 1.79 bits per heavy atom. The number of carbonyl (C=O) groups excluding carboxylic acids is 1. The fraction of sp³-hybridized carbons (Fsp3) is 0.0455. The highest BCUT2D eigenvalue weighted by Gasteiger charge is 2.20. The van der Waals surface area contributed by atoms with Crippen LogP contribution < -0.4 is 5.32 Å². The third kappa shape index (κ3) is 3.84. The van der Waals surface area contributed by atoms with Crippen LogP contribution in [0.4, 0.5) is 0 Å². The zero-order valence-corrected chi connectivity index (χ0v) is 16.2. The lowest BCUT2D eigenvalue weighted by molar-refractivity contribution is 0.0942. The second-order valence-electron chi connectivity index (χ2n) is 6.27. The van der Waals surface area contributed by atoms with Gasteiger partial charge in [0.2, 0.25) is 0 Å². The van der Waals surface area contributed by atoms with E-state index in [0.717, 1.165) is 16.3 Å². The van der Waals surface area contributed by atoms with Crippen LogP contribution in [0.1, 0.15) is 27.7 Å². The van der Waals surface area contributed by atoms with Gasteiger partial charge in [-0.25, -0.2) is 0 Å². The number of hydrogen-bond acceptors (Lipinski definition) is 3. The fourth-order valence-corrected chi connectivity index (χ4v) is 3.31. The molecule has 2 aromatic carbocycles. The van der Waals surface area contributed by atoms with E-state index in [1.54, 1.807) is 36.8 Å². The second kappa shape index (κ2) is 7.97. The van der Waals surface area contributed by atoms with Gasteiger partial charge >= 0.3 is 0 Å². The van der Waals surface area contributed by atoms with E-state index in [-0.39, 0.29) is 5.91 Å². The molecule has 0 aliphatic rings. The summed E-state index contributed by atoms with van der Waals surface area (Å²) in [7, 11) is 0. The summed E-state index contributed by atoms with van der Waals surface area (Å²) in [6.45, 7) is 0. The van der Waals surface area contributed by atoms with Crippen molar-refractivity contribution < 1.29 is 4.79 Å². The molecule has 4 nitrogen and oxygen atoms in total. The number of pyridine rings is 2. The van der Waals surface area contributed by atoms with Crippen molar-refractivity contribution in [1.82, 2.24) is 15.3 Å². The number of halogens is 2. The van der Waals surface area contributed by atoms with Gasteiger partial charge in [-0.05, 0) is 53.4 Å². The minimum absolute atomic E-state index is 0.208. The second-order valence-corrected chi connectivity index (χ2v) is 7.09. The average Bonchev–Trinajstić information content (AvgIpc) is 2.74. The number of benzene rings is 2. The summed E-state index contributed by atoms with van der Waals surface area (Å²) in [4.78, 5) is 21.5. The summed E-state index contributed by atoms with van der Waals surface area (Å²) >= 11 is 12.2. The molecule has 0 fully saturated rings. The smallest absolute Gasteiger partial charge is 0.252 e. The number of amides is 1. The van der Waals surface area contributed by atoms with E-state index in [2.05, 4.69) is 15.3 Å². The molecule has 0 spiro atoms. The van der Waals surface area contributed by atoms with Crippen molar-refractivity contribution in [1.29, 1.82) is 0 Å². The first kappa shape index (κ1) is 18.4. The van der Waals surface area contributed by atoms with E-state index in [9.17, 15) is 4.79 Å². The maximum atomic E-state index is 13.0. The Kier molecular flexibility index (Phi) is 5.24. The highest BCUT2D eigenvalue weighted by Crippen LogP contribution is 2.28. The zero-order valence-electron chi connectivity index (χ0n) is 14.6. The molecule has 1 amide bonds. The number of fused-ring (bicyclic) bond motifs is 1. The molecule has 1 atom stereocenters. The molecule has 0 bridgehead atoms. The zero-order chi connectivity index (χ0) is 19.5. The quantitative estimate of drug-likeness (QED) is 0.488. The van der Waals surface area contributed by atoms with Crippen molar-refractivity contribution in [3.05, 3.63) is 106 Å². The van der Waals surface area contributed by atoms with E-state index in [1.165, 1.54) is 0 Å². The fourth-order valence-electron chi connectivity index (χ4n) is 3.01. The molecule has 1 N–H and O–H groups in total.